The van der Waals surface area contributed by atoms with Crippen LogP contribution in [0.5, 0.6) is 0 Å². The Balaban J connectivity index is 1.11. The third-order valence-corrected chi connectivity index (χ3v) is 19.4. The van der Waals surface area contributed by atoms with Crippen LogP contribution in [0.15, 0.2) is 131 Å². The summed E-state index contributed by atoms with van der Waals surface area (Å²) in [6.07, 6.45) is 53.4. The number of aryl methyl sites for hydroxylation is 1. The summed E-state index contributed by atoms with van der Waals surface area (Å²) in [5.41, 5.74) is 17.1. The maximum atomic E-state index is 2.97. The molecule has 9 atom stereocenters. The highest BCUT2D eigenvalue weighted by molar-refractivity contribution is 7.14. The smallest absolute Gasteiger partial charge is 0.101 e. The molecule has 3 heteroatoms. The monoisotopic (exact) mass is 921 g/mol. The van der Waals surface area contributed by atoms with Gasteiger partial charge in [0.1, 0.15) is 5.00 Å². The lowest BCUT2D eigenvalue weighted by atomic mass is 9.66. The maximum absolute atomic E-state index is 2.97. The summed E-state index contributed by atoms with van der Waals surface area (Å²) >= 11 is 2.10. The summed E-state index contributed by atoms with van der Waals surface area (Å²) < 4.78 is 1.52. The summed E-state index contributed by atoms with van der Waals surface area (Å²) in [6, 6.07) is 5.79. The minimum absolute atomic E-state index is 0.0655. The number of hydrogen-bond donors (Lipinski definition) is 0. The van der Waals surface area contributed by atoms with Crippen molar-refractivity contribution < 1.29 is 0 Å². The first-order valence-corrected chi connectivity index (χ1v) is 27.9. The van der Waals surface area contributed by atoms with Gasteiger partial charge >= 0.3 is 0 Å². The van der Waals surface area contributed by atoms with Gasteiger partial charge in [0, 0.05) is 44.6 Å². The van der Waals surface area contributed by atoms with E-state index in [9.17, 15) is 0 Å². The number of nitrogens with zero attached hydrogens (tertiary/aromatic N) is 2. The van der Waals surface area contributed by atoms with Crippen molar-refractivity contribution in [2.75, 3.05) is 9.80 Å². The van der Waals surface area contributed by atoms with Crippen LogP contribution >= 0.6 is 11.3 Å². The molecule has 2 nitrogen and oxygen atoms in total. The number of rotatable bonds is 8. The van der Waals surface area contributed by atoms with Gasteiger partial charge in [-0.05, 0) is 177 Å². The van der Waals surface area contributed by atoms with Crippen LogP contribution in [0.2, 0.25) is 0 Å². The zero-order valence-electron chi connectivity index (χ0n) is 43.2. The maximum Gasteiger partial charge on any atom is 0.101 e. The number of thiophene rings is 1. The van der Waals surface area contributed by atoms with Crippen molar-refractivity contribution in [2.45, 2.75) is 158 Å². The van der Waals surface area contributed by atoms with Gasteiger partial charge in [-0.2, -0.15) is 0 Å². The van der Waals surface area contributed by atoms with Crippen LogP contribution < -0.4 is 19.6 Å². The lowest BCUT2D eigenvalue weighted by Gasteiger charge is -2.48. The van der Waals surface area contributed by atoms with Gasteiger partial charge in [0.2, 0.25) is 0 Å². The minimum atomic E-state index is 0.0655. The highest BCUT2D eigenvalue weighted by Crippen LogP contribution is 2.60. The molecular weight excluding hydrogens is 841 g/mol. The highest BCUT2D eigenvalue weighted by atomic mass is 32.1. The average Bonchev–Trinajstić information content (AvgIpc) is 3.85. The van der Waals surface area contributed by atoms with Crippen molar-refractivity contribution >= 4 is 39.9 Å². The summed E-state index contributed by atoms with van der Waals surface area (Å²) in [5.74, 6) is 4.10. The Bertz CT molecular complexity index is 2770. The Labute approximate surface area is 414 Å². The summed E-state index contributed by atoms with van der Waals surface area (Å²) in [6.45, 7) is 24.5. The van der Waals surface area contributed by atoms with E-state index in [1.807, 2.05) is 0 Å². The van der Waals surface area contributed by atoms with Gasteiger partial charge in [0.05, 0.1) is 12.1 Å². The molecule has 0 saturated heterocycles. The second-order valence-electron chi connectivity index (χ2n) is 24.8. The largest absolute Gasteiger partial charge is 0.337 e. The van der Waals surface area contributed by atoms with Gasteiger partial charge in [0.25, 0.3) is 0 Å². The van der Waals surface area contributed by atoms with Crippen LogP contribution in [0, 0.1) is 59.2 Å². The molecule has 2 aromatic rings. The molecule has 0 saturated carbocycles. The molecule has 68 heavy (non-hydrogen) atoms. The Hall–Kier alpha value is -4.34. The van der Waals surface area contributed by atoms with Crippen LogP contribution in [0.3, 0.4) is 0 Å². The normalized spacial score (nSPS) is 30.9. The molecule has 0 bridgehead atoms. The molecule has 0 spiro atoms. The second-order valence-corrected chi connectivity index (χ2v) is 25.8. The Morgan fingerprint density at radius 1 is 0.809 bits per heavy atom. The number of hydrogen-bond acceptors (Lipinski definition) is 3. The van der Waals surface area contributed by atoms with E-state index in [-0.39, 0.29) is 22.8 Å². The fourth-order valence-corrected chi connectivity index (χ4v) is 15.8. The molecule has 9 unspecified atom stereocenters. The second kappa shape index (κ2) is 17.8. The first-order valence-electron chi connectivity index (χ1n) is 27.0. The Kier molecular flexibility index (Phi) is 12.1. The van der Waals surface area contributed by atoms with Crippen molar-refractivity contribution in [1.29, 1.82) is 0 Å². The molecule has 356 valence electrons. The Morgan fingerprint density at radius 2 is 1.54 bits per heavy atom. The first kappa shape index (κ1) is 46.1. The third-order valence-electron chi connectivity index (χ3n) is 18.2. The lowest BCUT2D eigenvalue weighted by molar-refractivity contribution is 0.227. The fourth-order valence-electron chi connectivity index (χ4n) is 14.4. The van der Waals surface area contributed by atoms with Crippen LogP contribution in [0.1, 0.15) is 149 Å². The van der Waals surface area contributed by atoms with Crippen molar-refractivity contribution in [2.24, 2.45) is 52.3 Å². The zero-order chi connectivity index (χ0) is 47.2. The van der Waals surface area contributed by atoms with E-state index in [2.05, 4.69) is 200 Å². The van der Waals surface area contributed by atoms with Crippen molar-refractivity contribution in [3.8, 4) is 0 Å². The van der Waals surface area contributed by atoms with Crippen molar-refractivity contribution in [3.05, 3.63) is 157 Å². The van der Waals surface area contributed by atoms with Gasteiger partial charge in [-0.3, -0.25) is 0 Å². The van der Waals surface area contributed by atoms with E-state index in [0.717, 1.165) is 44.9 Å². The van der Waals surface area contributed by atoms with E-state index in [4.69, 9.17) is 0 Å². The van der Waals surface area contributed by atoms with E-state index >= 15 is 0 Å². The number of allylic oxidation sites excluding steroid dienone is 16. The SMILES string of the molecule is CC1=CC=CCC1C(CC1C=C(N(c2cc(C)cc3c2CC2=CC(C(C)(C)C)CC4c5c(sc6c5=CCCC=6)N3C24)C2C=CC(C(C)(C)C)=CC2C2=CCCC=C2)C(C)CC1)C1CC=CC=C1C. The van der Waals surface area contributed by atoms with E-state index in [1.54, 1.807) is 38.8 Å². The number of fused-ring (bicyclic) bond motifs is 7. The average molecular weight is 921 g/mol. The molecule has 0 fully saturated rings. The molecule has 0 radical (unpaired) electrons. The van der Waals surface area contributed by atoms with Crippen LogP contribution in [-0.4, -0.2) is 12.1 Å². The number of benzene rings is 1. The van der Waals surface area contributed by atoms with Gasteiger partial charge in [-0.25, -0.2) is 0 Å². The molecule has 0 amide bonds. The molecule has 3 heterocycles. The summed E-state index contributed by atoms with van der Waals surface area (Å²) in [4.78, 5) is 5.87. The van der Waals surface area contributed by atoms with Crippen molar-refractivity contribution in [1.82, 2.24) is 0 Å². The molecule has 7 aliphatic carbocycles. The molecule has 9 aliphatic rings. The molecule has 11 rings (SSSR count). The first-order chi connectivity index (χ1) is 32.6. The van der Waals surface area contributed by atoms with Crippen LogP contribution in [-0.2, 0) is 6.42 Å². The van der Waals surface area contributed by atoms with E-state index in [0.29, 0.717) is 47.5 Å². The third kappa shape index (κ3) is 8.17. The predicted octanol–water partition coefficient (Wildman–Crippen LogP) is 16.2. The lowest BCUT2D eigenvalue weighted by Crippen LogP contribution is -2.46. The minimum Gasteiger partial charge on any atom is -0.337 e. The molecular formula is C65H80N2S. The van der Waals surface area contributed by atoms with Gasteiger partial charge in [-0.1, -0.05) is 157 Å². The molecule has 1 aromatic heterocycles. The summed E-state index contributed by atoms with van der Waals surface area (Å²) in [7, 11) is 0. The molecule has 1 aromatic carbocycles. The Morgan fingerprint density at radius 3 is 2.24 bits per heavy atom. The van der Waals surface area contributed by atoms with Crippen LogP contribution in [0.25, 0.3) is 12.2 Å². The van der Waals surface area contributed by atoms with Gasteiger partial charge in [-0.15, -0.1) is 11.3 Å². The predicted molar refractivity (Wildman–Crippen MR) is 294 cm³/mol. The fraction of sp³-hybridized carbons (Fsp3) is 0.508. The van der Waals surface area contributed by atoms with Crippen molar-refractivity contribution in [3.63, 3.8) is 0 Å². The highest BCUT2D eigenvalue weighted by Gasteiger charge is 2.51. The topological polar surface area (TPSA) is 6.48 Å². The van der Waals surface area contributed by atoms with Gasteiger partial charge in [0.15, 0.2) is 0 Å². The quantitative estimate of drug-likeness (QED) is 0.244. The van der Waals surface area contributed by atoms with E-state index < -0.39 is 0 Å². The molecule has 0 N–H and O–H groups in total. The zero-order valence-corrected chi connectivity index (χ0v) is 44.1. The number of anilines is 3. The summed E-state index contributed by atoms with van der Waals surface area (Å²) in [5, 5.41) is 3.11. The standard InChI is InChI=1S/C65H80N2S/c1-40-32-58(54-37-46-36-48(65(8,9)10)39-55-61-51-26-18-19-27-60(51)68-63(61)67(62(46)55)59(54)33-40)66(56-31-30-47(64(5,6)7)38-52(56)45-22-12-11-13-23-45)57-35-44(29-28-43(57)4)34-53(49-24-16-14-20-41(49)2)50-25-17-15-21-42(50)3/h12,14-17,20-23,26-27,30-33,35-36,38,43-44,48-50,52-53,55-56,62H,11,13,18-19,24-25,28-29,34,37,39H2,1-10H3. The molecule has 2 aliphatic heterocycles. The van der Waals surface area contributed by atoms with Crippen LogP contribution in [0.4, 0.5) is 16.4 Å². The van der Waals surface area contributed by atoms with Gasteiger partial charge < -0.3 is 9.80 Å². The van der Waals surface area contributed by atoms with E-state index in [1.165, 1.54) is 63.3 Å².